The van der Waals surface area contributed by atoms with Crippen molar-refractivity contribution in [3.63, 3.8) is 0 Å². The van der Waals surface area contributed by atoms with Crippen molar-refractivity contribution in [2.75, 3.05) is 6.54 Å². The number of halogens is 1. The second-order valence-electron chi connectivity index (χ2n) is 7.07. The van der Waals surface area contributed by atoms with Gasteiger partial charge in [0.2, 0.25) is 15.9 Å². The van der Waals surface area contributed by atoms with Crippen LogP contribution in [0.1, 0.15) is 18.4 Å². The lowest BCUT2D eigenvalue weighted by Gasteiger charge is -2.23. The number of nitrogens with one attached hydrogen (secondary N) is 1. The first-order chi connectivity index (χ1) is 14.4. The summed E-state index contributed by atoms with van der Waals surface area (Å²) in [7, 11) is -3.71. The minimum absolute atomic E-state index is 0.203. The number of sulfonamides is 1. The van der Waals surface area contributed by atoms with E-state index in [-0.39, 0.29) is 17.3 Å². The zero-order valence-corrected chi connectivity index (χ0v) is 17.7. The number of hydrogen-bond acceptors (Lipinski definition) is 4. The van der Waals surface area contributed by atoms with Gasteiger partial charge in [0.05, 0.1) is 16.8 Å². The Morgan fingerprint density at radius 1 is 1.13 bits per heavy atom. The van der Waals surface area contributed by atoms with E-state index >= 15 is 0 Å². The van der Waals surface area contributed by atoms with Gasteiger partial charge in [0.25, 0.3) is 0 Å². The number of aromatic nitrogens is 2. The Morgan fingerprint density at radius 2 is 1.87 bits per heavy atom. The fourth-order valence-corrected chi connectivity index (χ4v) is 5.31. The van der Waals surface area contributed by atoms with Gasteiger partial charge in [-0.15, -0.1) is 0 Å². The lowest BCUT2D eigenvalue weighted by Crippen LogP contribution is -2.45. The van der Waals surface area contributed by atoms with E-state index < -0.39 is 16.1 Å². The molecule has 9 heteroatoms. The monoisotopic (exact) mass is 444 g/mol. The van der Waals surface area contributed by atoms with Crippen molar-refractivity contribution >= 4 is 27.5 Å². The van der Waals surface area contributed by atoms with Gasteiger partial charge in [-0.25, -0.2) is 13.1 Å². The van der Waals surface area contributed by atoms with Crippen molar-refractivity contribution in [3.05, 3.63) is 77.6 Å². The molecule has 156 valence electrons. The van der Waals surface area contributed by atoms with Crippen LogP contribution in [-0.2, 0) is 21.4 Å². The van der Waals surface area contributed by atoms with Gasteiger partial charge in [-0.3, -0.25) is 4.79 Å². The van der Waals surface area contributed by atoms with E-state index in [0.717, 1.165) is 11.3 Å². The maximum Gasteiger partial charge on any atom is 0.243 e. The molecule has 1 N–H and O–H groups in total. The molecule has 0 spiro atoms. The molecule has 7 nitrogen and oxygen atoms in total. The molecule has 2 heterocycles. The summed E-state index contributed by atoms with van der Waals surface area (Å²) in [6.07, 6.45) is 4.64. The fourth-order valence-electron chi connectivity index (χ4n) is 3.51. The minimum Gasteiger partial charge on any atom is -0.351 e. The van der Waals surface area contributed by atoms with Crippen LogP contribution in [0.2, 0.25) is 5.02 Å². The third kappa shape index (κ3) is 4.26. The summed E-state index contributed by atoms with van der Waals surface area (Å²) in [5.74, 6) is -0.300. The Kier molecular flexibility index (Phi) is 5.90. The van der Waals surface area contributed by atoms with Crippen molar-refractivity contribution in [1.29, 1.82) is 0 Å². The van der Waals surface area contributed by atoms with Crippen molar-refractivity contribution < 1.29 is 13.2 Å². The van der Waals surface area contributed by atoms with Gasteiger partial charge in [-0.05, 0) is 49.2 Å². The fraction of sp³-hybridized carbons (Fsp3) is 0.238. The Balaban J connectivity index is 1.42. The molecule has 4 rings (SSSR count). The molecule has 0 saturated carbocycles. The smallest absolute Gasteiger partial charge is 0.243 e. The molecule has 1 atom stereocenters. The predicted octanol–water partition coefficient (Wildman–Crippen LogP) is 3.00. The summed E-state index contributed by atoms with van der Waals surface area (Å²) in [5, 5.41) is 7.79. The summed E-state index contributed by atoms with van der Waals surface area (Å²) >= 11 is 5.91. The number of rotatable bonds is 6. The second-order valence-corrected chi connectivity index (χ2v) is 9.40. The SMILES string of the molecule is O=C(NCc1cnn(-c2ccc(Cl)cc2)c1)C1CCCN1S(=O)(=O)c1ccccc1. The molecule has 1 fully saturated rings. The first kappa shape index (κ1) is 20.6. The third-order valence-corrected chi connectivity index (χ3v) is 7.22. The average molecular weight is 445 g/mol. The first-order valence-corrected chi connectivity index (χ1v) is 11.4. The van der Waals surface area contributed by atoms with E-state index in [4.69, 9.17) is 11.6 Å². The normalized spacial score (nSPS) is 17.2. The number of hydrogen-bond donors (Lipinski definition) is 1. The summed E-state index contributed by atoms with van der Waals surface area (Å²) in [5.41, 5.74) is 1.67. The first-order valence-electron chi connectivity index (χ1n) is 9.59. The van der Waals surface area contributed by atoms with Crippen LogP contribution in [0.25, 0.3) is 5.69 Å². The molecule has 2 aromatic carbocycles. The molecular weight excluding hydrogens is 424 g/mol. The standard InChI is InChI=1S/C21H21ClN4O3S/c22-17-8-10-18(11-9-17)25-15-16(14-24-25)13-23-21(27)20-7-4-12-26(20)30(28,29)19-5-2-1-3-6-19/h1-3,5-6,8-11,14-15,20H,4,7,12-13H2,(H,23,27). The maximum absolute atomic E-state index is 12.9. The molecule has 0 aliphatic carbocycles. The summed E-state index contributed by atoms with van der Waals surface area (Å²) in [6, 6.07) is 14.8. The van der Waals surface area contributed by atoms with E-state index in [1.807, 2.05) is 18.3 Å². The van der Waals surface area contributed by atoms with Crippen LogP contribution in [0.4, 0.5) is 0 Å². The molecular formula is C21H21ClN4O3S. The van der Waals surface area contributed by atoms with E-state index in [1.165, 1.54) is 4.31 Å². The molecule has 1 unspecified atom stereocenters. The van der Waals surface area contributed by atoms with Gasteiger partial charge < -0.3 is 5.32 Å². The van der Waals surface area contributed by atoms with Crippen molar-refractivity contribution in [2.45, 2.75) is 30.3 Å². The Bertz CT molecular complexity index is 1130. The van der Waals surface area contributed by atoms with Crippen LogP contribution >= 0.6 is 11.6 Å². The van der Waals surface area contributed by atoms with E-state index in [9.17, 15) is 13.2 Å². The lowest BCUT2D eigenvalue weighted by atomic mass is 10.2. The largest absolute Gasteiger partial charge is 0.351 e. The molecule has 1 amide bonds. The van der Waals surface area contributed by atoms with Crippen LogP contribution in [-0.4, -0.2) is 41.0 Å². The average Bonchev–Trinajstić information content (AvgIpc) is 3.43. The van der Waals surface area contributed by atoms with Crippen molar-refractivity contribution in [2.24, 2.45) is 0 Å². The summed E-state index contributed by atoms with van der Waals surface area (Å²) in [4.78, 5) is 13.0. The highest BCUT2D eigenvalue weighted by molar-refractivity contribution is 7.89. The molecule has 3 aromatic rings. The van der Waals surface area contributed by atoms with Gasteiger partial charge in [0, 0.05) is 29.9 Å². The van der Waals surface area contributed by atoms with Gasteiger partial charge >= 0.3 is 0 Å². The molecule has 30 heavy (non-hydrogen) atoms. The summed E-state index contributed by atoms with van der Waals surface area (Å²) in [6.45, 7) is 0.603. The summed E-state index contributed by atoms with van der Waals surface area (Å²) < 4.78 is 28.9. The zero-order chi connectivity index (χ0) is 21.1. The highest BCUT2D eigenvalue weighted by Gasteiger charge is 2.39. The second kappa shape index (κ2) is 8.59. The van der Waals surface area contributed by atoms with Crippen LogP contribution in [0.5, 0.6) is 0 Å². The van der Waals surface area contributed by atoms with E-state index in [0.29, 0.717) is 24.4 Å². The van der Waals surface area contributed by atoms with Crippen molar-refractivity contribution in [1.82, 2.24) is 19.4 Å². The zero-order valence-electron chi connectivity index (χ0n) is 16.1. The van der Waals surface area contributed by atoms with E-state index in [1.54, 1.807) is 53.3 Å². The van der Waals surface area contributed by atoms with Crippen LogP contribution in [0.15, 0.2) is 71.9 Å². The lowest BCUT2D eigenvalue weighted by molar-refractivity contribution is -0.124. The van der Waals surface area contributed by atoms with Crippen LogP contribution in [0, 0.1) is 0 Å². The molecule has 1 aromatic heterocycles. The minimum atomic E-state index is -3.71. The highest BCUT2D eigenvalue weighted by Crippen LogP contribution is 2.26. The number of carbonyl (C=O) groups is 1. The predicted molar refractivity (Wildman–Crippen MR) is 114 cm³/mol. The van der Waals surface area contributed by atoms with Gasteiger partial charge in [0.1, 0.15) is 6.04 Å². The number of nitrogens with zero attached hydrogens (tertiary/aromatic N) is 3. The number of carbonyl (C=O) groups excluding carboxylic acids is 1. The van der Waals surface area contributed by atoms with Crippen LogP contribution in [0.3, 0.4) is 0 Å². The molecule has 0 bridgehead atoms. The Hall–Kier alpha value is -2.68. The van der Waals surface area contributed by atoms with Gasteiger partial charge in [-0.1, -0.05) is 29.8 Å². The van der Waals surface area contributed by atoms with E-state index in [2.05, 4.69) is 10.4 Å². The van der Waals surface area contributed by atoms with Gasteiger partial charge in [-0.2, -0.15) is 9.40 Å². The van der Waals surface area contributed by atoms with Crippen molar-refractivity contribution in [3.8, 4) is 5.69 Å². The molecule has 1 aliphatic rings. The highest BCUT2D eigenvalue weighted by atomic mass is 35.5. The molecule has 1 saturated heterocycles. The third-order valence-electron chi connectivity index (χ3n) is 5.05. The van der Waals surface area contributed by atoms with Gasteiger partial charge in [0.15, 0.2) is 0 Å². The Morgan fingerprint density at radius 3 is 2.60 bits per heavy atom. The maximum atomic E-state index is 12.9. The number of amides is 1. The Labute approximate surface area is 180 Å². The van der Waals surface area contributed by atoms with Crippen LogP contribution < -0.4 is 5.32 Å². The molecule has 0 radical (unpaired) electrons. The topological polar surface area (TPSA) is 84.3 Å². The molecule has 1 aliphatic heterocycles. The number of benzene rings is 2. The quantitative estimate of drug-likeness (QED) is 0.633.